The molecular formula is C11H13N3O5S. The number of hydrogen-bond acceptors (Lipinski definition) is 5. The molecule has 0 atom stereocenters. The third kappa shape index (κ3) is 2.78. The first-order valence-corrected chi connectivity index (χ1v) is 7.37. The van der Waals surface area contributed by atoms with Crippen molar-refractivity contribution < 1.29 is 18.1 Å². The molecule has 2 rings (SSSR count). The van der Waals surface area contributed by atoms with Crippen molar-refractivity contribution in [2.45, 2.75) is 11.3 Å². The Morgan fingerprint density at radius 1 is 1.30 bits per heavy atom. The largest absolute Gasteiger partial charge is 0.355 e. The fourth-order valence-electron chi connectivity index (χ4n) is 1.95. The maximum Gasteiger partial charge on any atom is 0.289 e. The van der Waals surface area contributed by atoms with E-state index < -0.39 is 26.5 Å². The maximum atomic E-state index is 12.5. The van der Waals surface area contributed by atoms with Crippen molar-refractivity contribution >= 4 is 21.6 Å². The van der Waals surface area contributed by atoms with Gasteiger partial charge in [0.05, 0.1) is 11.5 Å². The van der Waals surface area contributed by atoms with Crippen LogP contribution in [-0.2, 0) is 14.8 Å². The van der Waals surface area contributed by atoms with E-state index in [0.29, 0.717) is 13.0 Å². The quantitative estimate of drug-likeness (QED) is 0.629. The number of nitro groups is 1. The number of carbonyl (C=O) groups is 1. The molecule has 1 fully saturated rings. The minimum absolute atomic E-state index is 0.146. The molecule has 1 amide bonds. The van der Waals surface area contributed by atoms with Gasteiger partial charge in [0.15, 0.2) is 4.90 Å². The van der Waals surface area contributed by atoms with Gasteiger partial charge < -0.3 is 5.32 Å². The molecule has 0 spiro atoms. The molecule has 20 heavy (non-hydrogen) atoms. The van der Waals surface area contributed by atoms with E-state index in [-0.39, 0.29) is 18.0 Å². The Balaban J connectivity index is 2.44. The summed E-state index contributed by atoms with van der Waals surface area (Å²) in [6.45, 7) is 0.212. The Morgan fingerprint density at radius 2 is 2.00 bits per heavy atom. The monoisotopic (exact) mass is 299 g/mol. The van der Waals surface area contributed by atoms with Gasteiger partial charge in [-0.15, -0.1) is 0 Å². The summed E-state index contributed by atoms with van der Waals surface area (Å²) in [5.41, 5.74) is -0.489. The van der Waals surface area contributed by atoms with Crippen LogP contribution in [0.4, 0.5) is 5.69 Å². The van der Waals surface area contributed by atoms with Crippen molar-refractivity contribution in [1.82, 2.24) is 9.62 Å². The lowest BCUT2D eigenvalue weighted by atomic mass is 10.3. The van der Waals surface area contributed by atoms with Crippen molar-refractivity contribution in [1.29, 1.82) is 0 Å². The Morgan fingerprint density at radius 3 is 2.70 bits per heavy atom. The van der Waals surface area contributed by atoms with Gasteiger partial charge in [0, 0.05) is 19.2 Å². The lowest BCUT2D eigenvalue weighted by molar-refractivity contribution is -0.387. The Kier molecular flexibility index (Phi) is 4.00. The first-order chi connectivity index (χ1) is 9.43. The molecule has 1 aromatic carbocycles. The summed E-state index contributed by atoms with van der Waals surface area (Å²) in [6.07, 6.45) is 0.464. The number of nitrogens with one attached hydrogen (secondary N) is 1. The average Bonchev–Trinajstić information content (AvgIpc) is 2.64. The Bertz CT molecular complexity index is 643. The molecule has 0 bridgehead atoms. The zero-order chi connectivity index (χ0) is 14.8. The van der Waals surface area contributed by atoms with Crippen LogP contribution in [0.3, 0.4) is 0 Å². The SMILES string of the molecule is O=C1CN(S(=O)(=O)c2ccccc2[N+](=O)[O-])CCCN1. The van der Waals surface area contributed by atoms with E-state index in [1.165, 1.54) is 18.2 Å². The molecule has 1 aliphatic rings. The molecule has 0 unspecified atom stereocenters. The second kappa shape index (κ2) is 5.55. The average molecular weight is 299 g/mol. The van der Waals surface area contributed by atoms with Gasteiger partial charge >= 0.3 is 0 Å². The number of carbonyl (C=O) groups excluding carboxylic acids is 1. The normalized spacial score (nSPS) is 17.3. The highest BCUT2D eigenvalue weighted by Gasteiger charge is 2.33. The molecule has 0 radical (unpaired) electrons. The second-order valence-electron chi connectivity index (χ2n) is 4.27. The summed E-state index contributed by atoms with van der Waals surface area (Å²) < 4.78 is 25.9. The maximum absolute atomic E-state index is 12.5. The molecule has 8 nitrogen and oxygen atoms in total. The number of para-hydroxylation sites is 1. The van der Waals surface area contributed by atoms with Crippen LogP contribution < -0.4 is 5.32 Å². The fourth-order valence-corrected chi connectivity index (χ4v) is 3.54. The fraction of sp³-hybridized carbons (Fsp3) is 0.364. The zero-order valence-electron chi connectivity index (χ0n) is 10.5. The molecule has 9 heteroatoms. The number of hydrogen-bond donors (Lipinski definition) is 1. The molecule has 0 aliphatic carbocycles. The molecule has 1 N–H and O–H groups in total. The van der Waals surface area contributed by atoms with Crippen molar-refractivity contribution in [3.63, 3.8) is 0 Å². The predicted octanol–water partition coefficient (Wildman–Crippen LogP) is 0.105. The lowest BCUT2D eigenvalue weighted by Gasteiger charge is -2.18. The minimum atomic E-state index is -4.06. The van der Waals surface area contributed by atoms with Crippen LogP contribution in [0.2, 0.25) is 0 Å². The van der Waals surface area contributed by atoms with Gasteiger partial charge in [-0.2, -0.15) is 4.31 Å². The van der Waals surface area contributed by atoms with Gasteiger partial charge in [-0.1, -0.05) is 12.1 Å². The minimum Gasteiger partial charge on any atom is -0.355 e. The van der Waals surface area contributed by atoms with Gasteiger partial charge in [0.1, 0.15) is 0 Å². The summed E-state index contributed by atoms with van der Waals surface area (Å²) in [4.78, 5) is 21.2. The Labute approximate surface area is 115 Å². The van der Waals surface area contributed by atoms with Crippen LogP contribution in [0.5, 0.6) is 0 Å². The van der Waals surface area contributed by atoms with E-state index in [0.717, 1.165) is 10.4 Å². The van der Waals surface area contributed by atoms with E-state index in [2.05, 4.69) is 5.32 Å². The van der Waals surface area contributed by atoms with Crippen LogP contribution in [-0.4, -0.2) is 43.2 Å². The zero-order valence-corrected chi connectivity index (χ0v) is 11.3. The lowest BCUT2D eigenvalue weighted by Crippen LogP contribution is -2.37. The third-order valence-corrected chi connectivity index (χ3v) is 4.80. The molecular weight excluding hydrogens is 286 g/mol. The van der Waals surface area contributed by atoms with E-state index in [1.807, 2.05) is 0 Å². The van der Waals surface area contributed by atoms with E-state index in [4.69, 9.17) is 0 Å². The highest BCUT2D eigenvalue weighted by Crippen LogP contribution is 2.26. The topological polar surface area (TPSA) is 110 Å². The van der Waals surface area contributed by atoms with Crippen LogP contribution >= 0.6 is 0 Å². The van der Waals surface area contributed by atoms with Crippen LogP contribution in [0.25, 0.3) is 0 Å². The van der Waals surface area contributed by atoms with E-state index in [1.54, 1.807) is 0 Å². The van der Waals surface area contributed by atoms with Crippen molar-refractivity contribution in [2.24, 2.45) is 0 Å². The van der Waals surface area contributed by atoms with E-state index in [9.17, 15) is 23.3 Å². The first-order valence-electron chi connectivity index (χ1n) is 5.93. The summed E-state index contributed by atoms with van der Waals surface area (Å²) in [7, 11) is -4.06. The number of amides is 1. The summed E-state index contributed by atoms with van der Waals surface area (Å²) in [5.74, 6) is -0.412. The van der Waals surface area contributed by atoms with Gasteiger partial charge in [-0.3, -0.25) is 14.9 Å². The molecule has 0 saturated carbocycles. The van der Waals surface area contributed by atoms with Crippen LogP contribution in [0, 0.1) is 10.1 Å². The van der Waals surface area contributed by atoms with Crippen LogP contribution in [0.1, 0.15) is 6.42 Å². The van der Waals surface area contributed by atoms with Gasteiger partial charge in [-0.25, -0.2) is 8.42 Å². The van der Waals surface area contributed by atoms with E-state index >= 15 is 0 Å². The summed E-state index contributed by atoms with van der Waals surface area (Å²) in [6, 6.07) is 5.12. The van der Waals surface area contributed by atoms with Crippen LogP contribution in [0.15, 0.2) is 29.2 Å². The molecule has 1 aromatic rings. The van der Waals surface area contributed by atoms with Gasteiger partial charge in [-0.05, 0) is 12.5 Å². The standard InChI is InChI=1S/C11H13N3O5S/c15-11-8-13(7-3-6-12-11)20(18,19)10-5-2-1-4-9(10)14(16)17/h1-2,4-5H,3,6-8H2,(H,12,15). The van der Waals surface area contributed by atoms with Crippen molar-refractivity contribution in [2.75, 3.05) is 19.6 Å². The third-order valence-electron chi connectivity index (χ3n) is 2.91. The first kappa shape index (κ1) is 14.4. The molecule has 1 heterocycles. The molecule has 108 valence electrons. The van der Waals surface area contributed by atoms with Crippen molar-refractivity contribution in [3.8, 4) is 0 Å². The Hall–Kier alpha value is -2.00. The summed E-state index contributed by atoms with van der Waals surface area (Å²) >= 11 is 0. The molecule has 0 aromatic heterocycles. The highest BCUT2D eigenvalue weighted by molar-refractivity contribution is 7.89. The highest BCUT2D eigenvalue weighted by atomic mass is 32.2. The molecule has 1 aliphatic heterocycles. The van der Waals surface area contributed by atoms with Gasteiger partial charge in [0.2, 0.25) is 15.9 Å². The number of rotatable bonds is 3. The van der Waals surface area contributed by atoms with Crippen molar-refractivity contribution in [3.05, 3.63) is 34.4 Å². The molecule has 1 saturated heterocycles. The number of benzene rings is 1. The smallest absolute Gasteiger partial charge is 0.289 e. The van der Waals surface area contributed by atoms with Gasteiger partial charge in [0.25, 0.3) is 5.69 Å². The summed E-state index contributed by atoms with van der Waals surface area (Å²) in [5, 5.41) is 13.5. The number of nitrogens with zero attached hydrogens (tertiary/aromatic N) is 2. The predicted molar refractivity (Wildman–Crippen MR) is 69.5 cm³/mol. The number of sulfonamides is 1. The number of nitro benzene ring substituents is 1. The second-order valence-corrected chi connectivity index (χ2v) is 6.17.